The maximum absolute atomic E-state index is 13.6. The highest BCUT2D eigenvalue weighted by Gasteiger charge is 2.18. The summed E-state index contributed by atoms with van der Waals surface area (Å²) in [6.07, 6.45) is 0. The number of ether oxygens (including phenoxy) is 2. The molecule has 4 aromatic rings. The van der Waals surface area contributed by atoms with Crippen LogP contribution in [0, 0.1) is 5.82 Å². The zero-order chi connectivity index (χ0) is 20.4. The van der Waals surface area contributed by atoms with Crippen molar-refractivity contribution in [3.63, 3.8) is 0 Å². The Morgan fingerprint density at radius 3 is 2.66 bits per heavy atom. The van der Waals surface area contributed by atoms with Gasteiger partial charge in [-0.05, 0) is 47.3 Å². The molecule has 7 heteroatoms. The highest BCUT2D eigenvalue weighted by Crippen LogP contribution is 2.31. The van der Waals surface area contributed by atoms with E-state index in [2.05, 4.69) is 5.32 Å². The number of methoxy groups -OCH3 is 2. The summed E-state index contributed by atoms with van der Waals surface area (Å²) in [6, 6.07) is 15.4. The number of carbonyl (C=O) groups excluding carboxylic acids is 1. The maximum atomic E-state index is 13.6. The summed E-state index contributed by atoms with van der Waals surface area (Å²) in [7, 11) is 3.10. The van der Waals surface area contributed by atoms with E-state index in [1.807, 2.05) is 28.1 Å². The molecule has 0 saturated carbocycles. The molecule has 2 heterocycles. The van der Waals surface area contributed by atoms with Crippen molar-refractivity contribution in [2.24, 2.45) is 0 Å². The van der Waals surface area contributed by atoms with Gasteiger partial charge in [0.15, 0.2) is 11.5 Å². The topological polar surface area (TPSA) is 52.5 Å². The molecule has 5 nitrogen and oxygen atoms in total. The van der Waals surface area contributed by atoms with Gasteiger partial charge in [-0.15, -0.1) is 11.3 Å². The van der Waals surface area contributed by atoms with E-state index in [0.29, 0.717) is 29.4 Å². The molecule has 2 aromatic carbocycles. The van der Waals surface area contributed by atoms with Gasteiger partial charge >= 0.3 is 0 Å². The Bertz CT molecular complexity index is 1180. The molecule has 0 spiro atoms. The van der Waals surface area contributed by atoms with Crippen LogP contribution in [0.25, 0.3) is 10.2 Å². The second-order valence-electron chi connectivity index (χ2n) is 6.44. The van der Waals surface area contributed by atoms with Crippen LogP contribution in [0.4, 0.5) is 10.1 Å². The third-order valence-electron chi connectivity index (χ3n) is 4.63. The van der Waals surface area contributed by atoms with Gasteiger partial charge in [0.25, 0.3) is 5.91 Å². The molecule has 0 aliphatic rings. The van der Waals surface area contributed by atoms with Crippen molar-refractivity contribution < 1.29 is 18.7 Å². The summed E-state index contributed by atoms with van der Waals surface area (Å²) in [5.41, 5.74) is 2.82. The molecule has 1 N–H and O–H groups in total. The van der Waals surface area contributed by atoms with Gasteiger partial charge in [0.2, 0.25) is 0 Å². The third-order valence-corrected chi connectivity index (χ3v) is 5.48. The third kappa shape index (κ3) is 3.82. The van der Waals surface area contributed by atoms with Gasteiger partial charge in [-0.3, -0.25) is 4.79 Å². The first-order valence-electron chi connectivity index (χ1n) is 8.93. The van der Waals surface area contributed by atoms with Crippen molar-refractivity contribution >= 4 is 33.1 Å². The van der Waals surface area contributed by atoms with Crippen LogP contribution in [-0.4, -0.2) is 24.7 Å². The largest absolute Gasteiger partial charge is 0.493 e. The molecule has 1 amide bonds. The number of hydrogen-bond acceptors (Lipinski definition) is 4. The normalized spacial score (nSPS) is 10.9. The predicted octanol–water partition coefficient (Wildman–Crippen LogP) is 5.16. The standard InChI is InChI=1S/C22H19FN2O3S/c1-27-19-7-6-16(11-20(19)28-2)24-22(26)18-12-21-17(8-9-29-21)25(18)13-14-4-3-5-15(23)10-14/h3-12H,13H2,1-2H3,(H,24,26). The SMILES string of the molecule is COc1ccc(NC(=O)c2cc3sccc3n2Cc2cccc(F)c2)cc1OC. The number of nitrogens with zero attached hydrogens (tertiary/aromatic N) is 1. The lowest BCUT2D eigenvalue weighted by Crippen LogP contribution is -2.17. The Kier molecular flexibility index (Phi) is 5.22. The van der Waals surface area contributed by atoms with Gasteiger partial charge in [-0.2, -0.15) is 0 Å². The van der Waals surface area contributed by atoms with Gasteiger partial charge in [0.1, 0.15) is 11.5 Å². The first-order valence-corrected chi connectivity index (χ1v) is 9.81. The summed E-state index contributed by atoms with van der Waals surface area (Å²) in [4.78, 5) is 13.0. The lowest BCUT2D eigenvalue weighted by Gasteiger charge is -2.13. The smallest absolute Gasteiger partial charge is 0.272 e. The van der Waals surface area contributed by atoms with Gasteiger partial charge in [0.05, 0.1) is 24.4 Å². The number of amides is 1. The molecular formula is C22H19FN2O3S. The number of hydrogen-bond donors (Lipinski definition) is 1. The molecular weight excluding hydrogens is 391 g/mol. The quantitative estimate of drug-likeness (QED) is 0.478. The van der Waals surface area contributed by atoms with Crippen LogP contribution in [-0.2, 0) is 6.54 Å². The number of carbonyl (C=O) groups is 1. The molecule has 0 fully saturated rings. The molecule has 4 rings (SSSR count). The average molecular weight is 410 g/mol. The number of benzene rings is 2. The van der Waals surface area contributed by atoms with Crippen LogP contribution in [0.5, 0.6) is 11.5 Å². The highest BCUT2D eigenvalue weighted by atomic mass is 32.1. The fraction of sp³-hybridized carbons (Fsp3) is 0.136. The molecule has 0 bridgehead atoms. The Morgan fingerprint density at radius 1 is 1.07 bits per heavy atom. The molecule has 148 valence electrons. The fourth-order valence-corrected chi connectivity index (χ4v) is 4.08. The minimum absolute atomic E-state index is 0.253. The van der Waals surface area contributed by atoms with Crippen LogP contribution in [0.15, 0.2) is 60.0 Å². The summed E-state index contributed by atoms with van der Waals surface area (Å²) in [5, 5.41) is 4.88. The van der Waals surface area contributed by atoms with Gasteiger partial charge in [-0.25, -0.2) is 4.39 Å². The molecule has 0 unspecified atom stereocenters. The van der Waals surface area contributed by atoms with E-state index < -0.39 is 0 Å². The zero-order valence-electron chi connectivity index (χ0n) is 15.9. The van der Waals surface area contributed by atoms with E-state index in [1.54, 1.807) is 49.8 Å². The molecule has 2 aromatic heterocycles. The minimum Gasteiger partial charge on any atom is -0.493 e. The van der Waals surface area contributed by atoms with Gasteiger partial charge in [-0.1, -0.05) is 12.1 Å². The van der Waals surface area contributed by atoms with Crippen molar-refractivity contribution in [3.05, 3.63) is 77.1 Å². The highest BCUT2D eigenvalue weighted by molar-refractivity contribution is 7.17. The lowest BCUT2D eigenvalue weighted by atomic mass is 10.2. The number of aromatic nitrogens is 1. The van der Waals surface area contributed by atoms with Crippen molar-refractivity contribution in [2.75, 3.05) is 19.5 Å². The summed E-state index contributed by atoms with van der Waals surface area (Å²) >= 11 is 1.56. The zero-order valence-corrected chi connectivity index (χ0v) is 16.8. The number of anilines is 1. The van der Waals surface area contributed by atoms with Crippen LogP contribution in [0.3, 0.4) is 0 Å². The number of rotatable bonds is 6. The molecule has 0 radical (unpaired) electrons. The van der Waals surface area contributed by atoms with Crippen LogP contribution < -0.4 is 14.8 Å². The van der Waals surface area contributed by atoms with E-state index in [4.69, 9.17) is 9.47 Å². The molecule has 29 heavy (non-hydrogen) atoms. The van der Waals surface area contributed by atoms with Crippen molar-refractivity contribution in [3.8, 4) is 11.5 Å². The maximum Gasteiger partial charge on any atom is 0.272 e. The van der Waals surface area contributed by atoms with E-state index in [0.717, 1.165) is 15.8 Å². The van der Waals surface area contributed by atoms with Crippen molar-refractivity contribution in [1.82, 2.24) is 4.57 Å². The average Bonchev–Trinajstić information content (AvgIpc) is 3.30. The summed E-state index contributed by atoms with van der Waals surface area (Å²) < 4.78 is 27.1. The second kappa shape index (κ2) is 7.97. The van der Waals surface area contributed by atoms with Gasteiger partial charge < -0.3 is 19.4 Å². The van der Waals surface area contributed by atoms with E-state index in [-0.39, 0.29) is 11.7 Å². The lowest BCUT2D eigenvalue weighted by molar-refractivity contribution is 0.101. The fourth-order valence-electron chi connectivity index (χ4n) is 3.26. The summed E-state index contributed by atoms with van der Waals surface area (Å²) in [6.45, 7) is 0.396. The minimum atomic E-state index is -0.299. The first-order chi connectivity index (χ1) is 14.1. The van der Waals surface area contributed by atoms with E-state index in [1.165, 1.54) is 12.1 Å². The molecule has 0 aliphatic carbocycles. The Labute approximate surface area is 171 Å². The van der Waals surface area contributed by atoms with Crippen LogP contribution in [0.2, 0.25) is 0 Å². The Morgan fingerprint density at radius 2 is 1.90 bits per heavy atom. The van der Waals surface area contributed by atoms with Crippen LogP contribution >= 0.6 is 11.3 Å². The van der Waals surface area contributed by atoms with Crippen molar-refractivity contribution in [1.29, 1.82) is 0 Å². The number of nitrogens with one attached hydrogen (secondary N) is 1. The van der Waals surface area contributed by atoms with E-state index in [9.17, 15) is 9.18 Å². The first kappa shape index (κ1) is 19.0. The number of thiophene rings is 1. The van der Waals surface area contributed by atoms with Gasteiger partial charge in [0, 0.05) is 18.3 Å². The molecule has 0 aliphatic heterocycles. The van der Waals surface area contributed by atoms with E-state index >= 15 is 0 Å². The Hall–Kier alpha value is -3.32. The number of fused-ring (bicyclic) bond motifs is 1. The monoisotopic (exact) mass is 410 g/mol. The second-order valence-corrected chi connectivity index (χ2v) is 7.39. The van der Waals surface area contributed by atoms with Crippen molar-refractivity contribution in [2.45, 2.75) is 6.54 Å². The summed E-state index contributed by atoms with van der Waals surface area (Å²) in [5.74, 6) is 0.562. The predicted molar refractivity (Wildman–Crippen MR) is 113 cm³/mol. The van der Waals surface area contributed by atoms with Crippen LogP contribution in [0.1, 0.15) is 16.1 Å². The Balaban J connectivity index is 1.66. The molecule has 0 saturated heterocycles. The molecule has 0 atom stereocenters. The number of halogens is 1.